The predicted molar refractivity (Wildman–Crippen MR) is 115 cm³/mol. The van der Waals surface area contributed by atoms with E-state index in [1.165, 1.54) is 0 Å². The van der Waals surface area contributed by atoms with E-state index < -0.39 is 0 Å². The molecule has 2 aromatic heterocycles. The zero-order chi connectivity index (χ0) is 18.2. The molecule has 0 radical (unpaired) electrons. The second-order valence-corrected chi connectivity index (χ2v) is 8.19. The lowest BCUT2D eigenvalue weighted by Gasteiger charge is -2.27. The maximum absolute atomic E-state index is 13.6. The van der Waals surface area contributed by atoms with Gasteiger partial charge >= 0.3 is 0 Å². The number of rotatable bonds is 3. The normalized spacial score (nSPS) is 21.2. The minimum atomic E-state index is 0. The van der Waals surface area contributed by atoms with Crippen LogP contribution in [0.1, 0.15) is 29.6 Å². The molecule has 2 unspecified atom stereocenters. The van der Waals surface area contributed by atoms with Crippen LogP contribution < -0.4 is 5.32 Å². The molecule has 0 aliphatic carbocycles. The molecular formula is C21H23ClN4OS. The van der Waals surface area contributed by atoms with E-state index in [2.05, 4.69) is 10.2 Å². The highest BCUT2D eigenvalue weighted by molar-refractivity contribution is 7.13. The van der Waals surface area contributed by atoms with Crippen LogP contribution in [0.2, 0.25) is 0 Å². The fourth-order valence-corrected chi connectivity index (χ4v) is 5.02. The molecule has 2 aliphatic heterocycles. The van der Waals surface area contributed by atoms with Crippen molar-refractivity contribution in [1.29, 1.82) is 0 Å². The second kappa shape index (κ2) is 8.07. The molecule has 2 bridgehead atoms. The summed E-state index contributed by atoms with van der Waals surface area (Å²) in [6.45, 7) is 1.88. The molecule has 1 N–H and O–H groups in total. The van der Waals surface area contributed by atoms with Crippen molar-refractivity contribution >= 4 is 29.7 Å². The van der Waals surface area contributed by atoms with Crippen LogP contribution in [0.5, 0.6) is 0 Å². The summed E-state index contributed by atoms with van der Waals surface area (Å²) in [6, 6.07) is 14.7. The molecule has 3 aromatic rings. The number of thiophene rings is 1. The van der Waals surface area contributed by atoms with Gasteiger partial charge in [0.1, 0.15) is 5.69 Å². The van der Waals surface area contributed by atoms with Gasteiger partial charge in [0.2, 0.25) is 0 Å². The van der Waals surface area contributed by atoms with Crippen molar-refractivity contribution in [3.05, 3.63) is 59.6 Å². The Bertz CT molecular complexity index is 927. The average Bonchev–Trinajstić information content (AvgIpc) is 3.39. The Labute approximate surface area is 174 Å². The van der Waals surface area contributed by atoms with Crippen LogP contribution in [-0.2, 0) is 0 Å². The van der Waals surface area contributed by atoms with E-state index in [-0.39, 0.29) is 18.3 Å². The van der Waals surface area contributed by atoms with Crippen LogP contribution in [0.15, 0.2) is 54.0 Å². The van der Waals surface area contributed by atoms with Gasteiger partial charge in [0, 0.05) is 24.8 Å². The first-order valence-corrected chi connectivity index (χ1v) is 10.4. The first-order chi connectivity index (χ1) is 13.3. The van der Waals surface area contributed by atoms with Crippen LogP contribution >= 0.6 is 23.7 Å². The number of benzene rings is 1. The molecule has 2 atom stereocenters. The van der Waals surface area contributed by atoms with Gasteiger partial charge in [0.05, 0.1) is 16.1 Å². The molecule has 1 amide bonds. The molecule has 0 saturated carbocycles. The molecule has 2 fully saturated rings. The Morgan fingerprint density at radius 1 is 1.07 bits per heavy atom. The molecule has 146 valence electrons. The van der Waals surface area contributed by atoms with Crippen molar-refractivity contribution in [2.75, 3.05) is 13.1 Å². The topological polar surface area (TPSA) is 50.2 Å². The predicted octanol–water partition coefficient (Wildman–Crippen LogP) is 3.99. The molecule has 28 heavy (non-hydrogen) atoms. The first kappa shape index (κ1) is 19.2. The lowest BCUT2D eigenvalue weighted by molar-refractivity contribution is 0.0681. The summed E-state index contributed by atoms with van der Waals surface area (Å²) in [5.41, 5.74) is 2.46. The Hall–Kier alpha value is -2.15. The number of fused-ring (bicyclic) bond motifs is 2. The highest BCUT2D eigenvalue weighted by Gasteiger charge is 2.39. The minimum absolute atomic E-state index is 0. The van der Waals surface area contributed by atoms with Gasteiger partial charge in [0.15, 0.2) is 0 Å². The minimum Gasteiger partial charge on any atom is -0.331 e. The summed E-state index contributed by atoms with van der Waals surface area (Å²) in [5, 5.41) is 10.3. The van der Waals surface area contributed by atoms with Crippen LogP contribution in [-0.4, -0.2) is 45.8 Å². The third-order valence-electron chi connectivity index (χ3n) is 5.61. The van der Waals surface area contributed by atoms with E-state index in [0.29, 0.717) is 17.6 Å². The highest BCUT2D eigenvalue weighted by atomic mass is 35.5. The van der Waals surface area contributed by atoms with Gasteiger partial charge in [-0.3, -0.25) is 4.79 Å². The maximum atomic E-state index is 13.6. The van der Waals surface area contributed by atoms with E-state index in [9.17, 15) is 4.79 Å². The number of para-hydroxylation sites is 1. The SMILES string of the molecule is Cl.O=C(c1cn(-c2ccccc2)nc1-c1cccs1)N1C2CCNCC1CC2. The van der Waals surface area contributed by atoms with Gasteiger partial charge in [-0.05, 0) is 49.4 Å². The number of nitrogens with zero attached hydrogens (tertiary/aromatic N) is 3. The average molecular weight is 415 g/mol. The molecule has 5 rings (SSSR count). The largest absolute Gasteiger partial charge is 0.331 e. The number of nitrogens with one attached hydrogen (secondary N) is 1. The number of hydrogen-bond donors (Lipinski definition) is 1. The van der Waals surface area contributed by atoms with Crippen LogP contribution in [0.25, 0.3) is 16.3 Å². The number of amides is 1. The van der Waals surface area contributed by atoms with Crippen LogP contribution in [0.4, 0.5) is 0 Å². The second-order valence-electron chi connectivity index (χ2n) is 7.24. The van der Waals surface area contributed by atoms with Gasteiger partial charge in [0.25, 0.3) is 5.91 Å². The van der Waals surface area contributed by atoms with Crippen molar-refractivity contribution in [1.82, 2.24) is 20.0 Å². The zero-order valence-corrected chi connectivity index (χ0v) is 17.1. The standard InChI is InChI=1S/C21H22N4OS.ClH/c26-21(25-16-8-9-17(25)13-22-11-10-16)18-14-24(15-5-2-1-3-6-15)23-20(18)19-7-4-12-27-19;/h1-7,12,14,16-17,22H,8-11,13H2;1H. The van der Waals surface area contributed by atoms with Crippen LogP contribution in [0, 0.1) is 0 Å². The third-order valence-corrected chi connectivity index (χ3v) is 6.49. The van der Waals surface area contributed by atoms with Crippen LogP contribution in [0.3, 0.4) is 0 Å². The van der Waals surface area contributed by atoms with Gasteiger partial charge in [-0.2, -0.15) is 5.10 Å². The molecule has 5 nitrogen and oxygen atoms in total. The summed E-state index contributed by atoms with van der Waals surface area (Å²) < 4.78 is 1.83. The Kier molecular flexibility index (Phi) is 5.53. The van der Waals surface area contributed by atoms with Gasteiger partial charge in [-0.1, -0.05) is 24.3 Å². The van der Waals surface area contributed by atoms with E-state index in [4.69, 9.17) is 5.10 Å². The number of hydrogen-bond acceptors (Lipinski definition) is 4. The smallest absolute Gasteiger partial charge is 0.258 e. The molecule has 2 aliphatic rings. The van der Waals surface area contributed by atoms with E-state index in [1.54, 1.807) is 11.3 Å². The van der Waals surface area contributed by atoms with E-state index in [0.717, 1.165) is 48.6 Å². The molecule has 4 heterocycles. The first-order valence-electron chi connectivity index (χ1n) is 9.53. The Balaban J connectivity index is 0.00000192. The van der Waals surface area contributed by atoms with Crippen molar-refractivity contribution in [3.63, 3.8) is 0 Å². The Morgan fingerprint density at radius 3 is 2.68 bits per heavy atom. The highest BCUT2D eigenvalue weighted by Crippen LogP contribution is 2.33. The summed E-state index contributed by atoms with van der Waals surface area (Å²) in [5.74, 6) is 0.122. The molecular weight excluding hydrogens is 392 g/mol. The van der Waals surface area contributed by atoms with Gasteiger partial charge < -0.3 is 10.2 Å². The third kappa shape index (κ3) is 3.36. The lowest BCUT2D eigenvalue weighted by atomic mass is 10.1. The summed E-state index contributed by atoms with van der Waals surface area (Å²) in [4.78, 5) is 16.8. The molecule has 1 aromatic carbocycles. The number of carbonyl (C=O) groups excluding carboxylic acids is 1. The van der Waals surface area contributed by atoms with E-state index >= 15 is 0 Å². The fraction of sp³-hybridized carbons (Fsp3) is 0.333. The number of aromatic nitrogens is 2. The number of halogens is 1. The van der Waals surface area contributed by atoms with E-state index in [1.807, 2.05) is 58.7 Å². The van der Waals surface area contributed by atoms with Crippen molar-refractivity contribution in [3.8, 4) is 16.3 Å². The quantitative estimate of drug-likeness (QED) is 0.705. The molecule has 0 spiro atoms. The van der Waals surface area contributed by atoms with Crippen molar-refractivity contribution in [2.24, 2.45) is 0 Å². The molecule has 2 saturated heterocycles. The maximum Gasteiger partial charge on any atom is 0.258 e. The number of carbonyl (C=O) groups is 1. The van der Waals surface area contributed by atoms with Gasteiger partial charge in [-0.25, -0.2) is 4.68 Å². The molecule has 7 heteroatoms. The van der Waals surface area contributed by atoms with Gasteiger partial charge in [-0.15, -0.1) is 23.7 Å². The fourth-order valence-electron chi connectivity index (χ4n) is 4.29. The summed E-state index contributed by atoms with van der Waals surface area (Å²) in [6.07, 6.45) is 5.14. The lowest BCUT2D eigenvalue weighted by Crippen LogP contribution is -2.42. The van der Waals surface area contributed by atoms with Crippen molar-refractivity contribution in [2.45, 2.75) is 31.3 Å². The summed E-state index contributed by atoms with van der Waals surface area (Å²) in [7, 11) is 0. The van der Waals surface area contributed by atoms with Crippen molar-refractivity contribution < 1.29 is 4.79 Å². The Morgan fingerprint density at radius 2 is 1.89 bits per heavy atom. The summed E-state index contributed by atoms with van der Waals surface area (Å²) >= 11 is 1.63. The monoisotopic (exact) mass is 414 g/mol. The zero-order valence-electron chi connectivity index (χ0n) is 15.5.